The first-order valence-corrected chi connectivity index (χ1v) is 16.2. The first kappa shape index (κ1) is 31.3. The smallest absolute Gasteiger partial charge is 0.118 e. The van der Waals surface area contributed by atoms with Crippen LogP contribution in [0.3, 0.4) is 0 Å². The van der Waals surface area contributed by atoms with Gasteiger partial charge in [0.05, 0.1) is 31.0 Å². The summed E-state index contributed by atoms with van der Waals surface area (Å²) in [7, 11) is 1.68. The Balaban J connectivity index is 1.27. The maximum absolute atomic E-state index is 11.9. The zero-order chi connectivity index (χ0) is 30.0. The lowest BCUT2D eigenvalue weighted by molar-refractivity contribution is -0.263. The number of aliphatic hydroxyl groups is 4. The molecule has 41 heavy (non-hydrogen) atoms. The van der Waals surface area contributed by atoms with Gasteiger partial charge in [-0.2, -0.15) is 0 Å². The van der Waals surface area contributed by atoms with Crippen LogP contribution >= 0.6 is 0 Å². The minimum Gasteiger partial charge on any atom is -0.497 e. The second kappa shape index (κ2) is 10.8. The van der Waals surface area contributed by atoms with Gasteiger partial charge in [0.1, 0.15) is 5.75 Å². The zero-order valence-electron chi connectivity index (χ0n) is 26.6. The number of methoxy groups -OCH3 is 1. The van der Waals surface area contributed by atoms with Gasteiger partial charge in [-0.3, -0.25) is 0 Å². The Morgan fingerprint density at radius 1 is 0.927 bits per heavy atom. The molecule has 1 aromatic rings. The van der Waals surface area contributed by atoms with Crippen molar-refractivity contribution in [3.05, 3.63) is 29.8 Å². The topological polar surface area (TPSA) is 102 Å². The van der Waals surface area contributed by atoms with Crippen LogP contribution in [-0.4, -0.2) is 58.0 Å². The SMILES string of the molecule is COc1ccc(CNCCC[C@](C)(O)[C@H]2CC[C@]3(C)[C@@H]2[C@H](O)C[C@@H]2[C@@]4(C)C[C@@H](O)[C@H](O)C(C)(C)[C@@H]4CC[C@]23C)cc1. The molecule has 0 heterocycles. The Morgan fingerprint density at radius 3 is 2.24 bits per heavy atom. The Morgan fingerprint density at radius 2 is 1.59 bits per heavy atom. The van der Waals surface area contributed by atoms with Crippen molar-refractivity contribution in [2.45, 2.75) is 123 Å². The van der Waals surface area contributed by atoms with E-state index in [-0.39, 0.29) is 39.4 Å². The highest BCUT2D eigenvalue weighted by Gasteiger charge is 2.72. The standard InChI is InChI=1S/C35H57NO5/c1-31(2)27-14-17-33(4)28(32(27,3)20-26(38)30(31)39)19-25(37)29-24(13-16-34(29,33)5)35(6,40)15-8-18-36-21-22-9-11-23(41-7)12-10-22/h9-12,24-30,36-40H,8,13-21H2,1-7H3/t24-,25+,26+,27-,28+,29-,30-,32-,33+,34+,35-/m0/s1. The van der Waals surface area contributed by atoms with Gasteiger partial charge in [-0.25, -0.2) is 0 Å². The van der Waals surface area contributed by atoms with E-state index in [1.54, 1.807) is 7.11 Å². The van der Waals surface area contributed by atoms with Crippen molar-refractivity contribution >= 4 is 0 Å². The molecule has 0 aromatic heterocycles. The highest BCUT2D eigenvalue weighted by atomic mass is 16.5. The fourth-order valence-electron chi connectivity index (χ4n) is 11.3. The lowest BCUT2D eigenvalue weighted by atomic mass is 9.35. The molecule has 6 heteroatoms. The summed E-state index contributed by atoms with van der Waals surface area (Å²) in [4.78, 5) is 0. The Labute approximate surface area is 248 Å². The van der Waals surface area contributed by atoms with Crippen molar-refractivity contribution in [1.29, 1.82) is 0 Å². The summed E-state index contributed by atoms with van der Waals surface area (Å²) in [5.41, 5.74) is -0.173. The summed E-state index contributed by atoms with van der Waals surface area (Å²) in [6.45, 7) is 15.1. The van der Waals surface area contributed by atoms with E-state index >= 15 is 0 Å². The van der Waals surface area contributed by atoms with Crippen LogP contribution in [0.2, 0.25) is 0 Å². The third-order valence-electron chi connectivity index (χ3n) is 13.7. The minimum absolute atomic E-state index is 0.0188. The largest absolute Gasteiger partial charge is 0.497 e. The first-order valence-electron chi connectivity index (χ1n) is 16.2. The second-order valence-electron chi connectivity index (χ2n) is 16.0. The van der Waals surface area contributed by atoms with Gasteiger partial charge in [-0.15, -0.1) is 0 Å². The summed E-state index contributed by atoms with van der Waals surface area (Å²) in [6.07, 6.45) is 5.09. The summed E-state index contributed by atoms with van der Waals surface area (Å²) in [5.74, 6) is 1.59. The van der Waals surface area contributed by atoms with Gasteiger partial charge in [0.2, 0.25) is 0 Å². The molecule has 11 atom stereocenters. The number of rotatable bonds is 8. The van der Waals surface area contributed by atoms with Crippen LogP contribution in [0, 0.1) is 45.3 Å². The molecule has 0 unspecified atom stereocenters. The van der Waals surface area contributed by atoms with Gasteiger partial charge >= 0.3 is 0 Å². The highest BCUT2D eigenvalue weighted by molar-refractivity contribution is 5.27. The molecular weight excluding hydrogens is 514 g/mol. The molecule has 0 amide bonds. The molecule has 5 N–H and O–H groups in total. The van der Waals surface area contributed by atoms with Gasteiger partial charge < -0.3 is 30.5 Å². The maximum atomic E-state index is 11.9. The molecule has 232 valence electrons. The van der Waals surface area contributed by atoms with Crippen molar-refractivity contribution < 1.29 is 25.2 Å². The Hall–Kier alpha value is -1.18. The molecule has 4 aliphatic carbocycles. The van der Waals surface area contributed by atoms with Gasteiger partial charge in [0, 0.05) is 6.54 Å². The van der Waals surface area contributed by atoms with Crippen molar-refractivity contribution in [2.24, 2.45) is 45.3 Å². The molecule has 4 saturated carbocycles. The van der Waals surface area contributed by atoms with E-state index in [0.29, 0.717) is 18.8 Å². The molecule has 0 bridgehead atoms. The molecule has 1 aromatic carbocycles. The molecule has 6 nitrogen and oxygen atoms in total. The number of ether oxygens (including phenoxy) is 1. The third kappa shape index (κ3) is 4.88. The van der Waals surface area contributed by atoms with E-state index < -0.39 is 23.9 Å². The fraction of sp³-hybridized carbons (Fsp3) is 0.829. The van der Waals surface area contributed by atoms with E-state index in [4.69, 9.17) is 4.74 Å². The minimum atomic E-state index is -0.831. The molecule has 4 aliphatic rings. The van der Waals surface area contributed by atoms with Crippen LogP contribution in [0.1, 0.15) is 98.5 Å². The number of fused-ring (bicyclic) bond motifs is 5. The molecule has 0 spiro atoms. The van der Waals surface area contributed by atoms with E-state index in [0.717, 1.165) is 57.4 Å². The number of nitrogens with one attached hydrogen (secondary N) is 1. The predicted octanol–water partition coefficient (Wildman–Crippen LogP) is 5.30. The average molecular weight is 572 g/mol. The quantitative estimate of drug-likeness (QED) is 0.271. The summed E-state index contributed by atoms with van der Waals surface area (Å²) < 4.78 is 5.25. The Bertz CT molecular complexity index is 1070. The van der Waals surface area contributed by atoms with Crippen LogP contribution in [0.5, 0.6) is 5.75 Å². The van der Waals surface area contributed by atoms with Crippen LogP contribution in [0.4, 0.5) is 0 Å². The zero-order valence-corrected chi connectivity index (χ0v) is 26.6. The fourth-order valence-corrected chi connectivity index (χ4v) is 11.3. The van der Waals surface area contributed by atoms with E-state index in [1.807, 2.05) is 19.1 Å². The number of hydrogen-bond acceptors (Lipinski definition) is 6. The summed E-state index contributed by atoms with van der Waals surface area (Å²) >= 11 is 0. The van der Waals surface area contributed by atoms with Gasteiger partial charge in [0.25, 0.3) is 0 Å². The van der Waals surface area contributed by atoms with Crippen molar-refractivity contribution in [1.82, 2.24) is 5.32 Å². The van der Waals surface area contributed by atoms with Gasteiger partial charge in [-0.1, -0.05) is 46.8 Å². The number of hydrogen-bond donors (Lipinski definition) is 5. The van der Waals surface area contributed by atoms with E-state index in [1.165, 1.54) is 5.56 Å². The molecule has 5 rings (SSSR count). The lowest BCUT2D eigenvalue weighted by Gasteiger charge is -2.71. The van der Waals surface area contributed by atoms with Crippen molar-refractivity contribution in [3.8, 4) is 5.75 Å². The molecule has 0 aliphatic heterocycles. The maximum Gasteiger partial charge on any atom is 0.118 e. The highest BCUT2D eigenvalue weighted by Crippen LogP contribution is 2.75. The van der Waals surface area contributed by atoms with Gasteiger partial charge in [0.15, 0.2) is 0 Å². The average Bonchev–Trinajstić information content (AvgIpc) is 3.30. The van der Waals surface area contributed by atoms with Gasteiger partial charge in [-0.05, 0) is 128 Å². The Kier molecular flexibility index (Phi) is 8.21. The van der Waals surface area contributed by atoms with Crippen molar-refractivity contribution in [2.75, 3.05) is 13.7 Å². The van der Waals surface area contributed by atoms with Crippen LogP contribution in [0.15, 0.2) is 24.3 Å². The monoisotopic (exact) mass is 571 g/mol. The second-order valence-corrected chi connectivity index (χ2v) is 16.0. The molecule has 0 saturated heterocycles. The predicted molar refractivity (Wildman–Crippen MR) is 162 cm³/mol. The normalized spacial score (nSPS) is 44.8. The molecular formula is C35H57NO5. The van der Waals surface area contributed by atoms with Crippen LogP contribution in [0.25, 0.3) is 0 Å². The molecule has 4 fully saturated rings. The van der Waals surface area contributed by atoms with Crippen LogP contribution in [-0.2, 0) is 6.54 Å². The number of benzene rings is 1. The van der Waals surface area contributed by atoms with E-state index in [9.17, 15) is 20.4 Å². The third-order valence-corrected chi connectivity index (χ3v) is 13.7. The summed E-state index contributed by atoms with van der Waals surface area (Å²) in [6, 6.07) is 8.11. The van der Waals surface area contributed by atoms with E-state index in [2.05, 4.69) is 52.1 Å². The first-order chi connectivity index (χ1) is 19.1. The number of aliphatic hydroxyl groups excluding tert-OH is 3. The van der Waals surface area contributed by atoms with Crippen molar-refractivity contribution in [3.63, 3.8) is 0 Å². The van der Waals surface area contributed by atoms with Crippen LogP contribution < -0.4 is 10.1 Å². The molecule has 0 radical (unpaired) electrons. The lowest BCUT2D eigenvalue weighted by Crippen LogP contribution is -2.68. The summed E-state index contributed by atoms with van der Waals surface area (Å²) in [5, 5.41) is 49.3.